The summed E-state index contributed by atoms with van der Waals surface area (Å²) in [7, 11) is -2.72. The van der Waals surface area contributed by atoms with Gasteiger partial charge in [-0.3, -0.25) is 4.79 Å². The van der Waals surface area contributed by atoms with Gasteiger partial charge in [0, 0.05) is 12.6 Å². The van der Waals surface area contributed by atoms with Crippen molar-refractivity contribution in [2.45, 2.75) is 57.3 Å². The van der Waals surface area contributed by atoms with Crippen molar-refractivity contribution in [3.05, 3.63) is 12.2 Å². The largest absolute Gasteiger partial charge is 0.410 e. The molecule has 0 aromatic rings. The first-order chi connectivity index (χ1) is 8.36. The molecule has 2 heterocycles. The van der Waals surface area contributed by atoms with Gasteiger partial charge in [-0.05, 0) is 17.5 Å². The maximum Gasteiger partial charge on any atom is 0.341 e. The van der Waals surface area contributed by atoms with E-state index in [1.54, 1.807) is 6.08 Å². The summed E-state index contributed by atoms with van der Waals surface area (Å²) in [6, 6.07) is 0.0361. The molecular formula is C13H23NO3Si. The molecule has 0 aromatic heterocycles. The number of carbonyl (C=O) groups excluding carboxylic acids is 1. The number of hydrogen-bond acceptors (Lipinski definition) is 3. The maximum atomic E-state index is 11.6. The van der Waals surface area contributed by atoms with Gasteiger partial charge in [0.2, 0.25) is 5.91 Å². The molecule has 0 spiro atoms. The van der Waals surface area contributed by atoms with Crippen LogP contribution in [0.15, 0.2) is 12.2 Å². The molecule has 1 fully saturated rings. The molecule has 0 aromatic carbocycles. The van der Waals surface area contributed by atoms with Gasteiger partial charge in [0.15, 0.2) is 0 Å². The van der Waals surface area contributed by atoms with Gasteiger partial charge in [0.1, 0.15) is 0 Å². The second kappa shape index (κ2) is 4.79. The van der Waals surface area contributed by atoms with Crippen LogP contribution in [0.3, 0.4) is 0 Å². The van der Waals surface area contributed by atoms with E-state index in [4.69, 9.17) is 4.43 Å². The smallest absolute Gasteiger partial charge is 0.341 e. The number of fused-ring (bicyclic) bond motifs is 1. The van der Waals surface area contributed by atoms with Crippen LogP contribution in [0, 0.1) is 0 Å². The minimum absolute atomic E-state index is 0.0332. The topological polar surface area (TPSA) is 49.8 Å². The van der Waals surface area contributed by atoms with E-state index < -0.39 is 8.56 Å². The fourth-order valence-electron chi connectivity index (χ4n) is 2.86. The number of carbonyl (C=O) groups is 1. The lowest BCUT2D eigenvalue weighted by molar-refractivity contribution is -0.125. The third-order valence-corrected chi connectivity index (χ3v) is 8.10. The molecule has 4 nitrogen and oxygen atoms in total. The highest BCUT2D eigenvalue weighted by atomic mass is 28.4. The molecule has 0 bridgehead atoms. The van der Waals surface area contributed by atoms with Crippen molar-refractivity contribution in [1.29, 1.82) is 0 Å². The minimum atomic E-state index is -2.72. The van der Waals surface area contributed by atoms with Gasteiger partial charge in [-0.2, -0.15) is 0 Å². The molecule has 1 saturated heterocycles. The van der Waals surface area contributed by atoms with Crippen molar-refractivity contribution in [2.24, 2.45) is 0 Å². The molecule has 2 rings (SSSR count). The normalized spacial score (nSPS) is 27.7. The Morgan fingerprint density at radius 1 is 1.39 bits per heavy atom. The van der Waals surface area contributed by atoms with Crippen LogP contribution >= 0.6 is 0 Å². The molecule has 0 unspecified atom stereocenters. The molecule has 0 aliphatic carbocycles. The minimum Gasteiger partial charge on any atom is -0.410 e. The van der Waals surface area contributed by atoms with Crippen molar-refractivity contribution in [3.8, 4) is 0 Å². The van der Waals surface area contributed by atoms with Crippen LogP contribution in [-0.2, 0) is 9.22 Å². The predicted molar refractivity (Wildman–Crippen MR) is 72.3 cm³/mol. The molecule has 1 N–H and O–H groups in total. The van der Waals surface area contributed by atoms with Gasteiger partial charge >= 0.3 is 8.56 Å². The van der Waals surface area contributed by atoms with E-state index in [1.165, 1.54) is 0 Å². The van der Waals surface area contributed by atoms with Crippen molar-refractivity contribution in [1.82, 2.24) is 4.90 Å². The summed E-state index contributed by atoms with van der Waals surface area (Å²) in [5.41, 5.74) is 0.320. The van der Waals surface area contributed by atoms with Crippen LogP contribution < -0.4 is 0 Å². The number of rotatable bonds is 4. The van der Waals surface area contributed by atoms with E-state index in [0.29, 0.717) is 0 Å². The van der Waals surface area contributed by atoms with Gasteiger partial charge < -0.3 is 14.1 Å². The average Bonchev–Trinajstić information content (AvgIpc) is 2.83. The van der Waals surface area contributed by atoms with E-state index >= 15 is 0 Å². The van der Waals surface area contributed by atoms with Gasteiger partial charge in [-0.1, -0.05) is 33.8 Å². The van der Waals surface area contributed by atoms with E-state index in [-0.39, 0.29) is 29.1 Å². The molecule has 2 aliphatic rings. The molecule has 5 heteroatoms. The van der Waals surface area contributed by atoms with Gasteiger partial charge in [0.05, 0.1) is 12.1 Å². The van der Waals surface area contributed by atoms with E-state index in [2.05, 4.69) is 0 Å². The average molecular weight is 269 g/mol. The van der Waals surface area contributed by atoms with Crippen molar-refractivity contribution in [2.75, 3.05) is 6.54 Å². The highest BCUT2D eigenvalue weighted by molar-refractivity contribution is 6.68. The van der Waals surface area contributed by atoms with E-state index in [9.17, 15) is 9.59 Å². The lowest BCUT2D eigenvalue weighted by Crippen LogP contribution is -2.50. The SMILES string of the molecule is CC(C)[Si](O)(O[C@@H]1CCN2C(=O)C=C[C@@H]12)C(C)C. The first kappa shape index (κ1) is 13.8. The predicted octanol–water partition coefficient (Wildman–Crippen LogP) is 1.80. The van der Waals surface area contributed by atoms with Crippen LogP contribution in [0.5, 0.6) is 0 Å². The highest BCUT2D eigenvalue weighted by Crippen LogP contribution is 2.36. The standard InChI is InChI=1S/C13H23NO3Si/c1-9(2)18(16,10(3)4)17-12-7-8-14-11(12)5-6-13(14)15/h5-6,9-12,16H,7-8H2,1-4H3/t11-,12+/m0/s1. The Bertz CT molecular complexity index is 359. The first-order valence-electron chi connectivity index (χ1n) is 6.75. The summed E-state index contributed by atoms with van der Waals surface area (Å²) in [6.45, 7) is 8.83. The highest BCUT2D eigenvalue weighted by Gasteiger charge is 2.48. The van der Waals surface area contributed by atoms with Gasteiger partial charge in [-0.15, -0.1) is 0 Å². The summed E-state index contributed by atoms with van der Waals surface area (Å²) in [5.74, 6) is 0.0744. The molecule has 18 heavy (non-hydrogen) atoms. The zero-order valence-corrected chi connectivity index (χ0v) is 12.6. The van der Waals surface area contributed by atoms with Crippen LogP contribution in [0.4, 0.5) is 0 Å². The van der Waals surface area contributed by atoms with Crippen LogP contribution in [0.2, 0.25) is 11.1 Å². The molecular weight excluding hydrogens is 246 g/mol. The van der Waals surface area contributed by atoms with Crippen LogP contribution in [0.1, 0.15) is 34.1 Å². The number of hydrogen-bond donors (Lipinski definition) is 1. The summed E-state index contributed by atoms with van der Waals surface area (Å²) >= 11 is 0. The van der Waals surface area contributed by atoms with E-state index in [0.717, 1.165) is 13.0 Å². The quantitative estimate of drug-likeness (QED) is 0.792. The molecule has 0 saturated carbocycles. The second-order valence-corrected chi connectivity index (χ2v) is 9.94. The summed E-state index contributed by atoms with van der Waals surface area (Å²) in [4.78, 5) is 24.2. The third-order valence-electron chi connectivity index (χ3n) is 4.11. The lowest BCUT2D eigenvalue weighted by Gasteiger charge is -2.36. The van der Waals surface area contributed by atoms with E-state index in [1.807, 2.05) is 38.7 Å². The Morgan fingerprint density at radius 3 is 2.56 bits per heavy atom. The Balaban J connectivity index is 2.10. The molecule has 0 radical (unpaired) electrons. The van der Waals surface area contributed by atoms with Crippen molar-refractivity contribution < 1.29 is 14.0 Å². The molecule has 102 valence electrons. The maximum absolute atomic E-state index is 11.6. The fourth-order valence-corrected chi connectivity index (χ4v) is 5.48. The monoisotopic (exact) mass is 269 g/mol. The van der Waals surface area contributed by atoms with Crippen molar-refractivity contribution >= 4 is 14.5 Å². The fraction of sp³-hybridized carbons (Fsp3) is 0.769. The number of nitrogens with zero attached hydrogens (tertiary/aromatic N) is 1. The second-order valence-electron chi connectivity index (χ2n) is 5.89. The lowest BCUT2D eigenvalue weighted by atomic mass is 10.2. The molecule has 2 aliphatic heterocycles. The van der Waals surface area contributed by atoms with Crippen LogP contribution in [-0.4, -0.2) is 42.9 Å². The van der Waals surface area contributed by atoms with Gasteiger partial charge in [-0.25, -0.2) is 0 Å². The molecule has 1 amide bonds. The first-order valence-corrected chi connectivity index (χ1v) is 8.76. The summed E-state index contributed by atoms with van der Waals surface area (Å²) in [5, 5.41) is 0. The zero-order valence-electron chi connectivity index (χ0n) is 11.6. The number of amides is 1. The van der Waals surface area contributed by atoms with Gasteiger partial charge in [0.25, 0.3) is 0 Å². The Kier molecular flexibility index (Phi) is 3.67. The van der Waals surface area contributed by atoms with Crippen LogP contribution in [0.25, 0.3) is 0 Å². The molecule has 2 atom stereocenters. The Hall–Kier alpha value is -0.653. The zero-order chi connectivity index (χ0) is 13.5. The van der Waals surface area contributed by atoms with Crippen molar-refractivity contribution in [3.63, 3.8) is 0 Å². The Morgan fingerprint density at radius 2 is 2.00 bits per heavy atom. The third kappa shape index (κ3) is 2.15. The summed E-state index contributed by atoms with van der Waals surface area (Å²) < 4.78 is 6.13. The summed E-state index contributed by atoms with van der Waals surface area (Å²) in [6.07, 6.45) is 4.32. The Labute approximate surface area is 110 Å².